The van der Waals surface area contributed by atoms with Crippen molar-refractivity contribution in [2.45, 2.75) is 19.3 Å². The molecule has 1 saturated carbocycles. The van der Waals surface area contributed by atoms with Crippen LogP contribution in [-0.4, -0.2) is 24.8 Å². The summed E-state index contributed by atoms with van der Waals surface area (Å²) >= 11 is 0. The SMILES string of the molecule is COc1cc(N)c(C(=O)O)cc1OCCC1CC1. The molecule has 18 heavy (non-hydrogen) atoms. The number of aromatic carboxylic acids is 1. The van der Waals surface area contributed by atoms with Gasteiger partial charge in [-0.3, -0.25) is 0 Å². The molecule has 0 saturated heterocycles. The summed E-state index contributed by atoms with van der Waals surface area (Å²) in [6, 6.07) is 2.90. The topological polar surface area (TPSA) is 81.8 Å². The number of nitrogen functional groups attached to an aromatic ring is 1. The van der Waals surface area contributed by atoms with Crippen LogP contribution in [0.1, 0.15) is 29.6 Å². The van der Waals surface area contributed by atoms with E-state index in [0.29, 0.717) is 18.1 Å². The van der Waals surface area contributed by atoms with Gasteiger partial charge in [-0.2, -0.15) is 0 Å². The second kappa shape index (κ2) is 5.16. The van der Waals surface area contributed by atoms with Gasteiger partial charge in [-0.15, -0.1) is 0 Å². The van der Waals surface area contributed by atoms with Crippen LogP contribution in [-0.2, 0) is 0 Å². The lowest BCUT2D eigenvalue weighted by molar-refractivity contribution is 0.0697. The number of benzene rings is 1. The predicted octanol–water partition coefficient (Wildman–Crippen LogP) is 2.15. The third-order valence-corrected chi connectivity index (χ3v) is 3.05. The van der Waals surface area contributed by atoms with Crippen molar-refractivity contribution in [3.8, 4) is 11.5 Å². The largest absolute Gasteiger partial charge is 0.493 e. The Balaban J connectivity index is 2.13. The molecule has 98 valence electrons. The van der Waals surface area contributed by atoms with Gasteiger partial charge >= 0.3 is 5.97 Å². The Bertz CT molecular complexity index is 455. The van der Waals surface area contributed by atoms with Crippen LogP contribution < -0.4 is 15.2 Å². The maximum Gasteiger partial charge on any atom is 0.337 e. The van der Waals surface area contributed by atoms with Crippen molar-refractivity contribution in [1.29, 1.82) is 0 Å². The average Bonchev–Trinajstić information content (AvgIpc) is 3.14. The number of methoxy groups -OCH3 is 1. The monoisotopic (exact) mass is 251 g/mol. The minimum Gasteiger partial charge on any atom is -0.493 e. The Labute approximate surface area is 106 Å². The van der Waals surface area contributed by atoms with E-state index >= 15 is 0 Å². The number of carboxylic acid groups (broad SMARTS) is 1. The Kier molecular flexibility index (Phi) is 3.60. The zero-order valence-electron chi connectivity index (χ0n) is 10.3. The molecule has 0 spiro atoms. The molecule has 0 bridgehead atoms. The smallest absolute Gasteiger partial charge is 0.337 e. The summed E-state index contributed by atoms with van der Waals surface area (Å²) in [5.41, 5.74) is 5.85. The van der Waals surface area contributed by atoms with E-state index in [9.17, 15) is 4.79 Å². The molecule has 5 heteroatoms. The summed E-state index contributed by atoms with van der Waals surface area (Å²) in [4.78, 5) is 11.0. The Morgan fingerprint density at radius 2 is 2.17 bits per heavy atom. The molecule has 0 amide bonds. The van der Waals surface area contributed by atoms with Gasteiger partial charge in [-0.1, -0.05) is 12.8 Å². The van der Waals surface area contributed by atoms with Gasteiger partial charge in [0.2, 0.25) is 0 Å². The maximum atomic E-state index is 11.0. The fourth-order valence-corrected chi connectivity index (χ4v) is 1.78. The van der Waals surface area contributed by atoms with Crippen LogP contribution >= 0.6 is 0 Å². The zero-order chi connectivity index (χ0) is 13.1. The lowest BCUT2D eigenvalue weighted by Gasteiger charge is -2.12. The molecule has 0 unspecified atom stereocenters. The number of ether oxygens (including phenoxy) is 2. The molecular weight excluding hydrogens is 234 g/mol. The number of anilines is 1. The van der Waals surface area contributed by atoms with Crippen LogP contribution in [0.25, 0.3) is 0 Å². The highest BCUT2D eigenvalue weighted by Gasteiger charge is 2.21. The Morgan fingerprint density at radius 1 is 1.44 bits per heavy atom. The van der Waals surface area contributed by atoms with E-state index in [1.165, 1.54) is 32.1 Å². The first-order valence-electron chi connectivity index (χ1n) is 5.95. The first-order chi connectivity index (χ1) is 8.61. The van der Waals surface area contributed by atoms with Crippen molar-refractivity contribution in [3.05, 3.63) is 17.7 Å². The third kappa shape index (κ3) is 2.85. The summed E-state index contributed by atoms with van der Waals surface area (Å²) < 4.78 is 10.7. The van der Waals surface area contributed by atoms with E-state index in [1.54, 1.807) is 0 Å². The normalized spacial score (nSPS) is 14.3. The first kappa shape index (κ1) is 12.5. The lowest BCUT2D eigenvalue weighted by atomic mass is 10.1. The highest BCUT2D eigenvalue weighted by atomic mass is 16.5. The van der Waals surface area contributed by atoms with Gasteiger partial charge in [0, 0.05) is 12.1 Å². The van der Waals surface area contributed by atoms with Crippen molar-refractivity contribution in [1.82, 2.24) is 0 Å². The quantitative estimate of drug-likeness (QED) is 0.757. The second-order valence-electron chi connectivity index (χ2n) is 4.48. The molecule has 1 aromatic rings. The summed E-state index contributed by atoms with van der Waals surface area (Å²) in [6.45, 7) is 0.573. The Morgan fingerprint density at radius 3 is 2.72 bits per heavy atom. The van der Waals surface area contributed by atoms with Gasteiger partial charge in [0.15, 0.2) is 11.5 Å². The summed E-state index contributed by atoms with van der Waals surface area (Å²) in [7, 11) is 1.50. The van der Waals surface area contributed by atoms with E-state index in [-0.39, 0.29) is 11.3 Å². The lowest BCUT2D eigenvalue weighted by Crippen LogP contribution is -2.06. The highest BCUT2D eigenvalue weighted by Crippen LogP contribution is 2.35. The van der Waals surface area contributed by atoms with E-state index in [1.807, 2.05) is 0 Å². The summed E-state index contributed by atoms with van der Waals surface area (Å²) in [5, 5.41) is 9.00. The molecule has 3 N–H and O–H groups in total. The molecule has 0 heterocycles. The van der Waals surface area contributed by atoms with Crippen molar-refractivity contribution >= 4 is 11.7 Å². The predicted molar refractivity (Wildman–Crippen MR) is 67.2 cm³/mol. The molecule has 0 atom stereocenters. The summed E-state index contributed by atoms with van der Waals surface area (Å²) in [5.74, 6) is 0.601. The Hall–Kier alpha value is -1.91. The number of rotatable bonds is 6. The summed E-state index contributed by atoms with van der Waals surface area (Å²) in [6.07, 6.45) is 3.53. The van der Waals surface area contributed by atoms with Crippen molar-refractivity contribution < 1.29 is 19.4 Å². The van der Waals surface area contributed by atoms with E-state index in [4.69, 9.17) is 20.3 Å². The molecule has 2 rings (SSSR count). The van der Waals surface area contributed by atoms with Gasteiger partial charge in [0.25, 0.3) is 0 Å². The molecular formula is C13H17NO4. The standard InChI is InChI=1S/C13H17NO4/c1-17-11-7-10(14)9(13(15)16)6-12(11)18-5-4-8-2-3-8/h6-8H,2-5,14H2,1H3,(H,15,16). The van der Waals surface area contributed by atoms with E-state index in [2.05, 4.69) is 0 Å². The highest BCUT2D eigenvalue weighted by molar-refractivity contribution is 5.94. The molecule has 1 aromatic carbocycles. The van der Waals surface area contributed by atoms with Crippen LogP contribution in [0.2, 0.25) is 0 Å². The molecule has 1 fully saturated rings. The number of hydrogen-bond donors (Lipinski definition) is 2. The van der Waals surface area contributed by atoms with Gasteiger partial charge in [0.05, 0.1) is 25.0 Å². The zero-order valence-corrected chi connectivity index (χ0v) is 10.3. The van der Waals surface area contributed by atoms with Crippen molar-refractivity contribution in [2.24, 2.45) is 5.92 Å². The molecule has 5 nitrogen and oxygen atoms in total. The van der Waals surface area contributed by atoms with Crippen LogP contribution in [0.15, 0.2) is 12.1 Å². The fourth-order valence-electron chi connectivity index (χ4n) is 1.78. The van der Waals surface area contributed by atoms with Gasteiger partial charge in [-0.05, 0) is 12.3 Å². The van der Waals surface area contributed by atoms with E-state index in [0.717, 1.165) is 12.3 Å². The van der Waals surface area contributed by atoms with Gasteiger partial charge in [0.1, 0.15) is 0 Å². The maximum absolute atomic E-state index is 11.0. The van der Waals surface area contributed by atoms with Crippen LogP contribution in [0.3, 0.4) is 0 Å². The molecule has 0 radical (unpaired) electrons. The van der Waals surface area contributed by atoms with E-state index < -0.39 is 5.97 Å². The van der Waals surface area contributed by atoms with Gasteiger partial charge in [-0.25, -0.2) is 4.79 Å². The van der Waals surface area contributed by atoms with Crippen molar-refractivity contribution in [2.75, 3.05) is 19.5 Å². The molecule has 1 aliphatic carbocycles. The molecule has 1 aliphatic rings. The molecule has 0 aliphatic heterocycles. The van der Waals surface area contributed by atoms with Crippen LogP contribution in [0, 0.1) is 5.92 Å². The van der Waals surface area contributed by atoms with Gasteiger partial charge < -0.3 is 20.3 Å². The second-order valence-corrected chi connectivity index (χ2v) is 4.48. The van der Waals surface area contributed by atoms with Crippen LogP contribution in [0.4, 0.5) is 5.69 Å². The average molecular weight is 251 g/mol. The fraction of sp³-hybridized carbons (Fsp3) is 0.462. The number of nitrogens with two attached hydrogens (primary N) is 1. The number of hydrogen-bond acceptors (Lipinski definition) is 4. The first-order valence-corrected chi connectivity index (χ1v) is 5.95. The van der Waals surface area contributed by atoms with Crippen LogP contribution in [0.5, 0.6) is 11.5 Å². The molecule has 0 aromatic heterocycles. The number of carbonyl (C=O) groups is 1. The minimum atomic E-state index is -1.07. The number of carboxylic acids is 1. The minimum absolute atomic E-state index is 0.0391. The van der Waals surface area contributed by atoms with Crippen molar-refractivity contribution in [3.63, 3.8) is 0 Å². The third-order valence-electron chi connectivity index (χ3n) is 3.05.